The number of rotatable bonds is 32. The summed E-state index contributed by atoms with van der Waals surface area (Å²) < 4.78 is 27.2. The Labute approximate surface area is 274 Å². The Morgan fingerprint density at radius 1 is 0.636 bits per heavy atom. The van der Waals surface area contributed by atoms with Gasteiger partial charge >= 0.3 is 13.8 Å². The second-order valence-electron chi connectivity index (χ2n) is 12.6. The molecule has 0 rings (SSSR count). The second-order valence-corrected chi connectivity index (χ2v) is 14.0. The maximum absolute atomic E-state index is 11.9. The summed E-state index contributed by atoms with van der Waals surface area (Å²) in [6.07, 6.45) is 30.9. The van der Waals surface area contributed by atoms with Crippen LogP contribution in [0, 0.1) is 11.8 Å². The van der Waals surface area contributed by atoms with Gasteiger partial charge in [-0.2, -0.15) is 0 Å². The van der Waals surface area contributed by atoms with Crippen molar-refractivity contribution in [2.45, 2.75) is 189 Å². The van der Waals surface area contributed by atoms with E-state index in [1.54, 1.807) is 6.08 Å². The van der Waals surface area contributed by atoms with Crippen LogP contribution in [0.4, 0.5) is 0 Å². The minimum absolute atomic E-state index is 0.0837. The summed E-state index contributed by atoms with van der Waals surface area (Å²) >= 11 is 0. The van der Waals surface area contributed by atoms with Crippen molar-refractivity contribution < 1.29 is 28.0 Å². The third kappa shape index (κ3) is 34.2. The molecule has 2 unspecified atom stereocenters. The largest absolute Gasteiger partial charge is 0.472 e. The van der Waals surface area contributed by atoms with Gasteiger partial charge in [0.05, 0.1) is 13.2 Å². The zero-order valence-corrected chi connectivity index (χ0v) is 30.9. The molecule has 0 amide bonds. The highest BCUT2D eigenvalue weighted by atomic mass is 31.2. The predicted octanol–water partition coefficient (Wildman–Crippen LogP) is 12.5. The number of carbonyl (C=O) groups excluding carboxylic acids is 1. The van der Waals surface area contributed by atoms with Crippen molar-refractivity contribution in [1.29, 1.82) is 0 Å². The molecule has 0 bridgehead atoms. The van der Waals surface area contributed by atoms with Crippen molar-refractivity contribution in [2.75, 3.05) is 19.8 Å². The van der Waals surface area contributed by atoms with Gasteiger partial charge in [0.1, 0.15) is 6.61 Å². The molecule has 0 fully saturated rings. The fourth-order valence-electron chi connectivity index (χ4n) is 5.10. The third-order valence-corrected chi connectivity index (χ3v) is 9.33. The molecule has 44 heavy (non-hydrogen) atoms. The molecule has 0 aromatic heterocycles. The van der Waals surface area contributed by atoms with Crippen LogP contribution in [0.25, 0.3) is 0 Å². The van der Waals surface area contributed by atoms with E-state index < -0.39 is 7.82 Å². The van der Waals surface area contributed by atoms with Crippen molar-refractivity contribution in [3.8, 4) is 0 Å². The molecule has 0 saturated carbocycles. The topological polar surface area (TPSA) is 82.1 Å². The van der Waals surface area contributed by atoms with Crippen LogP contribution in [0.5, 0.6) is 0 Å². The molecule has 0 heterocycles. The molecule has 2 atom stereocenters. The normalized spacial score (nSPS) is 13.9. The first-order chi connectivity index (χ1) is 21.3. The van der Waals surface area contributed by atoms with Gasteiger partial charge in [0.2, 0.25) is 0 Å². The van der Waals surface area contributed by atoms with Crippen molar-refractivity contribution in [1.82, 2.24) is 0 Å². The minimum atomic E-state index is -3.89. The second kappa shape index (κ2) is 35.2. The molecule has 0 saturated heterocycles. The Bertz CT molecular complexity index is 632. The standard InChI is InChI=1S/C21H40O2.C16H35O4P/c1-3-5-6-7-8-9-10-11-12-13-14-15-16-17-18-19-21(22)23-20-4-2;1-5-9-11-15(7-3)13-19-21(17,18)20-14-16(8-4)12-10-6-2/h4H,2-3,5-20H2,1H3;15-16H,5-14H2,1-4H3,(H,17,18). The highest BCUT2D eigenvalue weighted by Gasteiger charge is 2.24. The summed E-state index contributed by atoms with van der Waals surface area (Å²) in [5.74, 6) is 0.603. The van der Waals surface area contributed by atoms with Crippen LogP contribution in [0.2, 0.25) is 0 Å². The maximum Gasteiger partial charge on any atom is 0.472 e. The van der Waals surface area contributed by atoms with Gasteiger partial charge in [-0.1, -0.05) is 176 Å². The molecule has 0 radical (unpaired) electrons. The average molecular weight is 647 g/mol. The molecule has 0 aliphatic rings. The molecule has 7 heteroatoms. The van der Waals surface area contributed by atoms with E-state index in [0.717, 1.165) is 64.2 Å². The Morgan fingerprint density at radius 2 is 1.00 bits per heavy atom. The zero-order valence-electron chi connectivity index (χ0n) is 30.0. The summed E-state index contributed by atoms with van der Waals surface area (Å²) in [6.45, 7) is 15.3. The molecule has 6 nitrogen and oxygen atoms in total. The van der Waals surface area contributed by atoms with Crippen molar-refractivity contribution in [3.05, 3.63) is 12.7 Å². The van der Waals surface area contributed by atoms with Gasteiger partial charge < -0.3 is 9.63 Å². The number of hydrogen-bond acceptors (Lipinski definition) is 5. The van der Waals surface area contributed by atoms with Crippen LogP contribution in [-0.4, -0.2) is 30.7 Å². The molecule has 0 spiro atoms. The van der Waals surface area contributed by atoms with E-state index in [4.69, 9.17) is 13.8 Å². The Balaban J connectivity index is 0. The number of phosphoric acid groups is 1. The van der Waals surface area contributed by atoms with Crippen LogP contribution in [0.3, 0.4) is 0 Å². The molecule has 0 aromatic carbocycles. The third-order valence-electron chi connectivity index (χ3n) is 8.38. The minimum Gasteiger partial charge on any atom is -0.461 e. The van der Waals surface area contributed by atoms with Gasteiger partial charge in [-0.3, -0.25) is 13.8 Å². The van der Waals surface area contributed by atoms with Crippen LogP contribution in [0.15, 0.2) is 12.7 Å². The summed E-state index contributed by atoms with van der Waals surface area (Å²) in [5, 5.41) is 0. The quantitative estimate of drug-likeness (QED) is 0.0339. The van der Waals surface area contributed by atoms with Crippen LogP contribution in [0.1, 0.15) is 189 Å². The fourth-order valence-corrected chi connectivity index (χ4v) is 5.97. The van der Waals surface area contributed by atoms with Crippen molar-refractivity contribution in [3.63, 3.8) is 0 Å². The molecular weight excluding hydrogens is 571 g/mol. The van der Waals surface area contributed by atoms with E-state index in [9.17, 15) is 14.3 Å². The lowest BCUT2D eigenvalue weighted by molar-refractivity contribution is -0.142. The van der Waals surface area contributed by atoms with Crippen LogP contribution in [-0.2, 0) is 23.1 Å². The van der Waals surface area contributed by atoms with Gasteiger partial charge in [-0.05, 0) is 31.1 Å². The summed E-state index contributed by atoms with van der Waals surface area (Å²) in [4.78, 5) is 21.0. The van der Waals surface area contributed by atoms with Gasteiger partial charge in [0.15, 0.2) is 0 Å². The first-order valence-electron chi connectivity index (χ1n) is 18.7. The van der Waals surface area contributed by atoms with Crippen molar-refractivity contribution >= 4 is 13.8 Å². The van der Waals surface area contributed by atoms with E-state index in [-0.39, 0.29) is 5.97 Å². The van der Waals surface area contributed by atoms with Crippen LogP contribution < -0.4 is 0 Å². The number of esters is 1. The van der Waals surface area contributed by atoms with E-state index in [1.165, 1.54) is 83.5 Å². The molecule has 0 aliphatic heterocycles. The number of ether oxygens (including phenoxy) is 1. The van der Waals surface area contributed by atoms with Gasteiger partial charge in [-0.25, -0.2) is 4.57 Å². The first-order valence-corrected chi connectivity index (χ1v) is 20.2. The van der Waals surface area contributed by atoms with Crippen molar-refractivity contribution in [2.24, 2.45) is 11.8 Å². The van der Waals surface area contributed by atoms with E-state index in [0.29, 0.717) is 38.1 Å². The van der Waals surface area contributed by atoms with Gasteiger partial charge in [0.25, 0.3) is 0 Å². The van der Waals surface area contributed by atoms with E-state index in [1.807, 2.05) is 0 Å². The first kappa shape index (κ1) is 45.4. The highest BCUT2D eigenvalue weighted by Crippen LogP contribution is 2.44. The highest BCUT2D eigenvalue weighted by molar-refractivity contribution is 7.47. The van der Waals surface area contributed by atoms with Gasteiger partial charge in [0, 0.05) is 6.42 Å². The monoisotopic (exact) mass is 647 g/mol. The SMILES string of the molecule is C=CCOC(=O)CCCCCCCCCCCCCCCCC.CCCCC(CC)COP(=O)(O)OCC(CC)CCCC. The Morgan fingerprint density at radius 3 is 1.34 bits per heavy atom. The number of carbonyl (C=O) groups is 1. The van der Waals surface area contributed by atoms with E-state index in [2.05, 4.69) is 41.2 Å². The number of unbranched alkanes of at least 4 members (excludes halogenated alkanes) is 16. The molecule has 0 aliphatic carbocycles. The Kier molecular flexibility index (Phi) is 36.3. The molecule has 1 N–H and O–H groups in total. The molecule has 264 valence electrons. The molecule has 0 aromatic rings. The number of phosphoric ester groups is 1. The van der Waals surface area contributed by atoms with Gasteiger partial charge in [-0.15, -0.1) is 0 Å². The van der Waals surface area contributed by atoms with E-state index >= 15 is 0 Å². The maximum atomic E-state index is 11.9. The predicted molar refractivity (Wildman–Crippen MR) is 189 cm³/mol. The summed E-state index contributed by atoms with van der Waals surface area (Å²) in [5.41, 5.74) is 0. The summed E-state index contributed by atoms with van der Waals surface area (Å²) in [6, 6.07) is 0. The fraction of sp³-hybridized carbons (Fsp3) is 0.919. The lowest BCUT2D eigenvalue weighted by atomic mass is 10.0. The summed E-state index contributed by atoms with van der Waals surface area (Å²) in [7, 11) is -3.89. The molecular formula is C37H75O6P. The number of hydrogen-bond donors (Lipinski definition) is 1. The van der Waals surface area contributed by atoms with Crippen LogP contribution >= 0.6 is 7.82 Å². The lowest BCUT2D eigenvalue weighted by Crippen LogP contribution is -2.12. The zero-order chi connectivity index (χ0) is 33.2. The Hall–Kier alpha value is -0.680. The average Bonchev–Trinajstić information content (AvgIpc) is 3.02. The lowest BCUT2D eigenvalue weighted by Gasteiger charge is -2.20. The smallest absolute Gasteiger partial charge is 0.461 e.